The molecule has 0 radical (unpaired) electrons. The van der Waals surface area contributed by atoms with Gasteiger partial charge < -0.3 is 9.72 Å². The van der Waals surface area contributed by atoms with Crippen LogP contribution in [0.1, 0.15) is 11.3 Å². The second-order valence-electron chi connectivity index (χ2n) is 6.31. The third-order valence-electron chi connectivity index (χ3n) is 4.85. The Labute approximate surface area is 144 Å². The second kappa shape index (κ2) is 5.57. The first-order valence-electron chi connectivity index (χ1n) is 8.49. The number of hydrogen-bond acceptors (Lipinski definition) is 4. The van der Waals surface area contributed by atoms with E-state index in [1.54, 1.807) is 0 Å². The molecule has 1 aromatic heterocycles. The van der Waals surface area contributed by atoms with Crippen LogP contribution in [0.15, 0.2) is 58.4 Å². The van der Waals surface area contributed by atoms with Crippen LogP contribution in [0.25, 0.3) is 21.9 Å². The molecule has 1 fully saturated rings. The minimum Gasteiger partial charge on any atom is -0.378 e. The van der Waals surface area contributed by atoms with Gasteiger partial charge in [-0.05, 0) is 17.0 Å². The molecular formula is C20H17N3O2. The fraction of sp³-hybridized carbons (Fsp3) is 0.200. The summed E-state index contributed by atoms with van der Waals surface area (Å²) in [6, 6.07) is 16.0. The number of pyridine rings is 1. The topological polar surface area (TPSA) is 57.7 Å². The number of hydrogen-bond donors (Lipinski definition) is 1. The van der Waals surface area contributed by atoms with E-state index in [9.17, 15) is 4.79 Å². The van der Waals surface area contributed by atoms with Crippen molar-refractivity contribution >= 4 is 16.5 Å². The number of nitrogens with zero attached hydrogens (tertiary/aromatic N) is 2. The zero-order chi connectivity index (χ0) is 16.8. The summed E-state index contributed by atoms with van der Waals surface area (Å²) in [6.45, 7) is 2.89. The smallest absolute Gasteiger partial charge is 0.256 e. The first kappa shape index (κ1) is 14.4. The predicted molar refractivity (Wildman–Crippen MR) is 98.0 cm³/mol. The van der Waals surface area contributed by atoms with Gasteiger partial charge in [-0.25, -0.2) is 0 Å². The Kier molecular flexibility index (Phi) is 3.21. The lowest BCUT2D eigenvalue weighted by atomic mass is 10.0. The molecule has 1 saturated heterocycles. The highest BCUT2D eigenvalue weighted by molar-refractivity contribution is 6.26. The number of benzene rings is 2. The standard InChI is InChI=1S/C20H17N3O2/c24-20-16-8-4-2-6-14(16)17-13-5-1-3-7-15(13)18(19(17)21-20)22-23-9-11-25-12-10-23/h1-8H,9-12H2,(H,21,24)/b22-18+. The zero-order valence-electron chi connectivity index (χ0n) is 13.7. The molecule has 0 amide bonds. The summed E-state index contributed by atoms with van der Waals surface area (Å²) in [5.74, 6) is 0. The Bertz CT molecular complexity index is 1060. The van der Waals surface area contributed by atoms with Crippen LogP contribution in [-0.2, 0) is 4.74 Å². The molecular weight excluding hydrogens is 314 g/mol. The molecule has 0 unspecified atom stereocenters. The van der Waals surface area contributed by atoms with Gasteiger partial charge in [0.15, 0.2) is 0 Å². The van der Waals surface area contributed by atoms with Crippen molar-refractivity contribution in [2.45, 2.75) is 0 Å². The maximum Gasteiger partial charge on any atom is 0.256 e. The minimum atomic E-state index is -0.0724. The molecule has 1 N–H and O–H groups in total. The molecule has 5 rings (SSSR count). The minimum absolute atomic E-state index is 0.0724. The van der Waals surface area contributed by atoms with E-state index in [0.29, 0.717) is 18.6 Å². The van der Waals surface area contributed by atoms with Crippen LogP contribution in [0.4, 0.5) is 0 Å². The number of H-pyrrole nitrogens is 1. The quantitative estimate of drug-likeness (QED) is 0.583. The summed E-state index contributed by atoms with van der Waals surface area (Å²) in [6.07, 6.45) is 0. The highest BCUT2D eigenvalue weighted by atomic mass is 16.5. The first-order valence-corrected chi connectivity index (χ1v) is 8.49. The molecule has 0 saturated carbocycles. The van der Waals surface area contributed by atoms with E-state index in [1.165, 1.54) is 0 Å². The monoisotopic (exact) mass is 331 g/mol. The highest BCUT2D eigenvalue weighted by Gasteiger charge is 2.29. The van der Waals surface area contributed by atoms with Gasteiger partial charge in [0.1, 0.15) is 5.71 Å². The van der Waals surface area contributed by atoms with Crippen molar-refractivity contribution in [3.63, 3.8) is 0 Å². The lowest BCUT2D eigenvalue weighted by Gasteiger charge is -2.24. The van der Waals surface area contributed by atoms with Crippen LogP contribution in [0.3, 0.4) is 0 Å². The lowest BCUT2D eigenvalue weighted by Crippen LogP contribution is -2.33. The number of aromatic amines is 1. The van der Waals surface area contributed by atoms with E-state index in [-0.39, 0.29) is 5.56 Å². The maximum atomic E-state index is 12.6. The van der Waals surface area contributed by atoms with Crippen LogP contribution >= 0.6 is 0 Å². The van der Waals surface area contributed by atoms with Crippen LogP contribution in [0, 0.1) is 0 Å². The molecule has 2 heterocycles. The molecule has 3 aromatic rings. The molecule has 5 heteroatoms. The molecule has 0 spiro atoms. The van der Waals surface area contributed by atoms with Gasteiger partial charge in [0.05, 0.1) is 32.0 Å². The lowest BCUT2D eigenvalue weighted by molar-refractivity contribution is 0.0394. The number of morpholine rings is 1. The number of nitrogens with one attached hydrogen (secondary N) is 1. The zero-order valence-corrected chi connectivity index (χ0v) is 13.7. The first-order chi connectivity index (χ1) is 12.3. The number of fused-ring (bicyclic) bond motifs is 5. The Morgan fingerprint density at radius 2 is 1.60 bits per heavy atom. The van der Waals surface area contributed by atoms with E-state index in [0.717, 1.165) is 46.6 Å². The molecule has 2 aromatic carbocycles. The summed E-state index contributed by atoms with van der Waals surface area (Å²) in [7, 11) is 0. The average molecular weight is 331 g/mol. The van der Waals surface area contributed by atoms with Crippen LogP contribution in [0.2, 0.25) is 0 Å². The largest absolute Gasteiger partial charge is 0.378 e. The van der Waals surface area contributed by atoms with Crippen molar-refractivity contribution < 1.29 is 4.74 Å². The van der Waals surface area contributed by atoms with Gasteiger partial charge in [0.2, 0.25) is 0 Å². The second-order valence-corrected chi connectivity index (χ2v) is 6.31. The maximum absolute atomic E-state index is 12.6. The van der Waals surface area contributed by atoms with Gasteiger partial charge in [-0.2, -0.15) is 5.10 Å². The van der Waals surface area contributed by atoms with Crippen molar-refractivity contribution in [1.82, 2.24) is 9.99 Å². The number of rotatable bonds is 1. The van der Waals surface area contributed by atoms with Gasteiger partial charge in [-0.15, -0.1) is 0 Å². The third-order valence-corrected chi connectivity index (χ3v) is 4.85. The van der Waals surface area contributed by atoms with Gasteiger partial charge >= 0.3 is 0 Å². The van der Waals surface area contributed by atoms with E-state index in [4.69, 9.17) is 9.84 Å². The fourth-order valence-electron chi connectivity index (χ4n) is 3.68. The van der Waals surface area contributed by atoms with Gasteiger partial charge in [-0.1, -0.05) is 42.5 Å². The van der Waals surface area contributed by atoms with Crippen LogP contribution in [-0.4, -0.2) is 42.0 Å². The summed E-state index contributed by atoms with van der Waals surface area (Å²) in [5, 5.41) is 8.58. The summed E-state index contributed by atoms with van der Waals surface area (Å²) in [4.78, 5) is 15.7. The van der Waals surface area contributed by atoms with Crippen molar-refractivity contribution in [3.8, 4) is 11.1 Å². The van der Waals surface area contributed by atoms with E-state index in [2.05, 4.69) is 17.1 Å². The summed E-state index contributed by atoms with van der Waals surface area (Å²) < 4.78 is 5.41. The van der Waals surface area contributed by atoms with Gasteiger partial charge in [0, 0.05) is 16.5 Å². The average Bonchev–Trinajstić information content (AvgIpc) is 2.97. The Hall–Kier alpha value is -2.92. The molecule has 0 atom stereocenters. The molecule has 1 aliphatic carbocycles. The van der Waals surface area contributed by atoms with E-state index in [1.807, 2.05) is 41.4 Å². The molecule has 5 nitrogen and oxygen atoms in total. The van der Waals surface area contributed by atoms with Gasteiger partial charge in [0.25, 0.3) is 5.56 Å². The SMILES string of the molecule is O=c1[nH]c2c(c3ccccc13)-c1ccccc1/C2=N\N1CCOCC1. The number of hydrazone groups is 1. The Morgan fingerprint density at radius 3 is 2.40 bits per heavy atom. The van der Waals surface area contributed by atoms with Gasteiger partial charge in [-0.3, -0.25) is 9.80 Å². The third kappa shape index (κ3) is 2.20. The molecule has 1 aliphatic heterocycles. The van der Waals surface area contributed by atoms with Crippen molar-refractivity contribution in [1.29, 1.82) is 0 Å². The summed E-state index contributed by atoms with van der Waals surface area (Å²) in [5.41, 5.74) is 4.84. The molecule has 2 aliphatic rings. The molecule has 25 heavy (non-hydrogen) atoms. The predicted octanol–water partition coefficient (Wildman–Crippen LogP) is 2.59. The van der Waals surface area contributed by atoms with Crippen LogP contribution in [0.5, 0.6) is 0 Å². The van der Waals surface area contributed by atoms with Crippen molar-refractivity contribution in [2.24, 2.45) is 5.10 Å². The fourth-order valence-corrected chi connectivity index (χ4v) is 3.68. The van der Waals surface area contributed by atoms with E-state index < -0.39 is 0 Å². The normalized spacial score (nSPS) is 17.8. The Morgan fingerprint density at radius 1 is 0.920 bits per heavy atom. The van der Waals surface area contributed by atoms with Crippen LogP contribution < -0.4 is 5.56 Å². The van der Waals surface area contributed by atoms with E-state index >= 15 is 0 Å². The van der Waals surface area contributed by atoms with Crippen molar-refractivity contribution in [3.05, 3.63) is 70.1 Å². The number of aromatic nitrogens is 1. The molecule has 124 valence electrons. The molecule has 0 bridgehead atoms. The Balaban J connectivity index is 1.81. The number of ether oxygens (including phenoxy) is 1. The highest BCUT2D eigenvalue weighted by Crippen LogP contribution is 2.39. The summed E-state index contributed by atoms with van der Waals surface area (Å²) >= 11 is 0. The van der Waals surface area contributed by atoms with Crippen molar-refractivity contribution in [2.75, 3.05) is 26.3 Å².